The first kappa shape index (κ1) is 21.1. The molecule has 1 amide bonds. The van der Waals surface area contributed by atoms with E-state index in [9.17, 15) is 4.79 Å². The molecule has 0 N–H and O–H groups in total. The Hall–Kier alpha value is -3.12. The lowest BCUT2D eigenvalue weighted by molar-refractivity contribution is 0.0624. The van der Waals surface area contributed by atoms with Gasteiger partial charge in [0.2, 0.25) is 0 Å². The van der Waals surface area contributed by atoms with E-state index in [4.69, 9.17) is 9.84 Å². The fourth-order valence-corrected chi connectivity index (χ4v) is 4.15. The van der Waals surface area contributed by atoms with Gasteiger partial charge in [-0.15, -0.1) is 0 Å². The standard InChI is InChI=1S/C25H30N4O2/c1-4-31-24-13-9-8-12-22(24)25(30)28-16-14-27(15-17-28)18-23-19(2)26-29(20(23)3)21-10-6-5-7-11-21/h5-13H,4,14-18H2,1-3H3. The fourth-order valence-electron chi connectivity index (χ4n) is 4.15. The minimum absolute atomic E-state index is 0.0490. The summed E-state index contributed by atoms with van der Waals surface area (Å²) in [5.74, 6) is 0.713. The molecular weight excluding hydrogens is 388 g/mol. The summed E-state index contributed by atoms with van der Waals surface area (Å²) in [4.78, 5) is 17.4. The topological polar surface area (TPSA) is 50.6 Å². The van der Waals surface area contributed by atoms with Gasteiger partial charge in [0.05, 0.1) is 23.6 Å². The van der Waals surface area contributed by atoms with E-state index in [1.165, 1.54) is 11.3 Å². The monoisotopic (exact) mass is 418 g/mol. The lowest BCUT2D eigenvalue weighted by Gasteiger charge is -2.35. The van der Waals surface area contributed by atoms with Crippen LogP contribution >= 0.6 is 0 Å². The van der Waals surface area contributed by atoms with Crippen molar-refractivity contribution in [2.24, 2.45) is 0 Å². The molecule has 2 aromatic carbocycles. The van der Waals surface area contributed by atoms with Crippen molar-refractivity contribution in [3.63, 3.8) is 0 Å². The first-order valence-electron chi connectivity index (χ1n) is 10.9. The molecular formula is C25H30N4O2. The summed E-state index contributed by atoms with van der Waals surface area (Å²) in [6.07, 6.45) is 0. The Labute approximate surface area is 184 Å². The average molecular weight is 419 g/mol. The Morgan fingerprint density at radius 2 is 1.65 bits per heavy atom. The molecule has 162 valence electrons. The first-order chi connectivity index (χ1) is 15.1. The lowest BCUT2D eigenvalue weighted by atomic mass is 10.1. The number of carbonyl (C=O) groups is 1. The highest BCUT2D eigenvalue weighted by Crippen LogP contribution is 2.23. The van der Waals surface area contributed by atoms with Gasteiger partial charge in [-0.25, -0.2) is 4.68 Å². The number of nitrogens with zero attached hydrogens (tertiary/aromatic N) is 4. The van der Waals surface area contributed by atoms with Crippen LogP contribution < -0.4 is 4.74 Å². The van der Waals surface area contributed by atoms with Gasteiger partial charge in [0.15, 0.2) is 0 Å². The van der Waals surface area contributed by atoms with E-state index in [1.807, 2.05) is 59.0 Å². The van der Waals surface area contributed by atoms with Crippen molar-refractivity contribution in [3.8, 4) is 11.4 Å². The lowest BCUT2D eigenvalue weighted by Crippen LogP contribution is -2.48. The van der Waals surface area contributed by atoms with Crippen LogP contribution in [-0.2, 0) is 6.54 Å². The summed E-state index contributed by atoms with van der Waals surface area (Å²) in [6, 6.07) is 17.7. The van der Waals surface area contributed by atoms with Crippen molar-refractivity contribution in [3.05, 3.63) is 77.1 Å². The van der Waals surface area contributed by atoms with E-state index in [-0.39, 0.29) is 5.91 Å². The van der Waals surface area contributed by atoms with E-state index in [0.717, 1.165) is 31.0 Å². The summed E-state index contributed by atoms with van der Waals surface area (Å²) in [5, 5.41) is 4.77. The number of aryl methyl sites for hydroxylation is 1. The number of piperazine rings is 1. The maximum absolute atomic E-state index is 13.0. The summed E-state index contributed by atoms with van der Waals surface area (Å²) >= 11 is 0. The van der Waals surface area contributed by atoms with Crippen LogP contribution in [-0.4, -0.2) is 58.3 Å². The quantitative estimate of drug-likeness (QED) is 0.610. The van der Waals surface area contributed by atoms with Crippen LogP contribution in [0.2, 0.25) is 0 Å². The largest absolute Gasteiger partial charge is 0.493 e. The van der Waals surface area contributed by atoms with Crippen LogP contribution in [0.15, 0.2) is 54.6 Å². The predicted molar refractivity (Wildman–Crippen MR) is 122 cm³/mol. The number of hydrogen-bond donors (Lipinski definition) is 0. The van der Waals surface area contributed by atoms with Crippen molar-refractivity contribution >= 4 is 5.91 Å². The Kier molecular flexibility index (Phi) is 6.37. The van der Waals surface area contributed by atoms with Gasteiger partial charge in [-0.2, -0.15) is 5.10 Å². The van der Waals surface area contributed by atoms with Gasteiger partial charge in [-0.1, -0.05) is 30.3 Å². The van der Waals surface area contributed by atoms with Gasteiger partial charge in [0.25, 0.3) is 5.91 Å². The number of benzene rings is 2. The molecule has 3 aromatic rings. The highest BCUT2D eigenvalue weighted by Gasteiger charge is 2.25. The van der Waals surface area contributed by atoms with E-state index in [2.05, 4.69) is 30.9 Å². The van der Waals surface area contributed by atoms with Crippen LogP contribution in [0.1, 0.15) is 34.2 Å². The Morgan fingerprint density at radius 1 is 0.968 bits per heavy atom. The predicted octanol–water partition coefficient (Wildman–Crippen LogP) is 3.85. The maximum Gasteiger partial charge on any atom is 0.257 e. The van der Waals surface area contributed by atoms with Crippen molar-refractivity contribution in [1.29, 1.82) is 0 Å². The zero-order chi connectivity index (χ0) is 21.8. The average Bonchev–Trinajstić information content (AvgIpc) is 3.09. The van der Waals surface area contributed by atoms with Gasteiger partial charge in [-0.05, 0) is 45.0 Å². The number of carbonyl (C=O) groups excluding carboxylic acids is 1. The Bertz CT molecular complexity index is 1040. The van der Waals surface area contributed by atoms with Gasteiger partial charge >= 0.3 is 0 Å². The second kappa shape index (κ2) is 9.35. The Balaban J connectivity index is 1.41. The second-order valence-electron chi connectivity index (χ2n) is 7.89. The molecule has 1 aromatic heterocycles. The number of hydrogen-bond acceptors (Lipinski definition) is 4. The number of rotatable bonds is 6. The smallest absolute Gasteiger partial charge is 0.257 e. The minimum atomic E-state index is 0.0490. The van der Waals surface area contributed by atoms with E-state index >= 15 is 0 Å². The van der Waals surface area contributed by atoms with E-state index in [0.29, 0.717) is 31.0 Å². The molecule has 1 saturated heterocycles. The molecule has 2 heterocycles. The third kappa shape index (κ3) is 4.49. The number of para-hydroxylation sites is 2. The molecule has 0 unspecified atom stereocenters. The molecule has 1 fully saturated rings. The summed E-state index contributed by atoms with van der Waals surface area (Å²) < 4.78 is 7.67. The van der Waals surface area contributed by atoms with Crippen LogP contribution in [0.4, 0.5) is 0 Å². The van der Waals surface area contributed by atoms with Gasteiger partial charge < -0.3 is 9.64 Å². The molecule has 0 spiro atoms. The van der Waals surface area contributed by atoms with Gasteiger partial charge in [-0.3, -0.25) is 9.69 Å². The minimum Gasteiger partial charge on any atom is -0.493 e. The SMILES string of the molecule is CCOc1ccccc1C(=O)N1CCN(Cc2c(C)nn(-c3ccccc3)c2C)CC1. The van der Waals surface area contributed by atoms with Crippen LogP contribution in [0.5, 0.6) is 5.75 Å². The normalized spacial score (nSPS) is 14.6. The van der Waals surface area contributed by atoms with Crippen molar-refractivity contribution < 1.29 is 9.53 Å². The molecule has 6 heteroatoms. The van der Waals surface area contributed by atoms with Crippen LogP contribution in [0.25, 0.3) is 5.69 Å². The summed E-state index contributed by atoms with van der Waals surface area (Å²) in [7, 11) is 0. The number of ether oxygens (including phenoxy) is 1. The highest BCUT2D eigenvalue weighted by atomic mass is 16.5. The molecule has 6 nitrogen and oxygen atoms in total. The third-order valence-corrected chi connectivity index (χ3v) is 5.90. The maximum atomic E-state index is 13.0. The van der Waals surface area contributed by atoms with Gasteiger partial charge in [0, 0.05) is 44.0 Å². The summed E-state index contributed by atoms with van der Waals surface area (Å²) in [5.41, 5.74) is 5.23. The van der Waals surface area contributed by atoms with Crippen molar-refractivity contribution in [2.45, 2.75) is 27.3 Å². The van der Waals surface area contributed by atoms with Crippen molar-refractivity contribution in [1.82, 2.24) is 19.6 Å². The molecule has 0 atom stereocenters. The molecule has 31 heavy (non-hydrogen) atoms. The van der Waals surface area contributed by atoms with Crippen LogP contribution in [0, 0.1) is 13.8 Å². The highest BCUT2D eigenvalue weighted by molar-refractivity contribution is 5.97. The van der Waals surface area contributed by atoms with Crippen molar-refractivity contribution in [2.75, 3.05) is 32.8 Å². The van der Waals surface area contributed by atoms with Crippen LogP contribution in [0.3, 0.4) is 0 Å². The molecule has 4 rings (SSSR count). The third-order valence-electron chi connectivity index (χ3n) is 5.90. The second-order valence-corrected chi connectivity index (χ2v) is 7.89. The molecule has 0 radical (unpaired) electrons. The molecule has 1 aliphatic heterocycles. The fraction of sp³-hybridized carbons (Fsp3) is 0.360. The molecule has 0 aliphatic carbocycles. The van der Waals surface area contributed by atoms with E-state index < -0.39 is 0 Å². The van der Waals surface area contributed by atoms with Gasteiger partial charge in [0.1, 0.15) is 5.75 Å². The van der Waals surface area contributed by atoms with E-state index in [1.54, 1.807) is 0 Å². The first-order valence-corrected chi connectivity index (χ1v) is 10.9. The number of amides is 1. The zero-order valence-electron chi connectivity index (χ0n) is 18.5. The number of aromatic nitrogens is 2. The molecule has 1 aliphatic rings. The zero-order valence-corrected chi connectivity index (χ0v) is 18.5. The molecule has 0 saturated carbocycles. The summed E-state index contributed by atoms with van der Waals surface area (Å²) in [6.45, 7) is 10.7. The molecule has 0 bridgehead atoms. The Morgan fingerprint density at radius 3 is 2.35 bits per heavy atom.